The first-order valence-electron chi connectivity index (χ1n) is 6.71. The molecule has 0 saturated carbocycles. The average Bonchev–Trinajstić information content (AvgIpc) is 2.46. The minimum Gasteiger partial charge on any atom is -0.512 e. The van der Waals surface area contributed by atoms with Crippen molar-refractivity contribution in [2.24, 2.45) is 0 Å². The Labute approximate surface area is 155 Å². The Morgan fingerprint density at radius 2 is 1.92 bits per heavy atom. The molecule has 2 rings (SSSR count). The van der Waals surface area contributed by atoms with Gasteiger partial charge in [-0.25, -0.2) is 0 Å². The Balaban J connectivity index is 0.000000620. The predicted octanol–water partition coefficient (Wildman–Crippen LogP) is 4.72. The number of pyridine rings is 1. The molecule has 0 aliphatic carbocycles. The molecule has 0 bridgehead atoms. The maximum absolute atomic E-state index is 13.0. The predicted molar refractivity (Wildman–Crippen MR) is 82.5 cm³/mol. The van der Waals surface area contributed by atoms with Gasteiger partial charge >= 0.3 is 12.0 Å². The Bertz CT molecular complexity index is 727. The first-order valence-corrected chi connectivity index (χ1v) is 6.71. The van der Waals surface area contributed by atoms with Crippen molar-refractivity contribution in [3.8, 4) is 11.3 Å². The summed E-state index contributed by atoms with van der Waals surface area (Å²) in [6, 6.07) is 8.61. The summed E-state index contributed by atoms with van der Waals surface area (Å²) in [6.07, 6.45) is -2.00. The molecule has 1 aromatic carbocycles. The second kappa shape index (κ2) is 10.1. The number of rotatable bonds is 2. The minimum atomic E-state index is -4.72. The van der Waals surface area contributed by atoms with Crippen molar-refractivity contribution in [3.63, 3.8) is 0 Å². The van der Waals surface area contributed by atoms with Crippen LogP contribution in [0.1, 0.15) is 19.4 Å². The molecule has 0 spiro atoms. The van der Waals surface area contributed by atoms with Crippen LogP contribution in [0.2, 0.25) is 0 Å². The number of hydrogen-bond donors (Lipinski definition) is 1. The zero-order valence-corrected chi connectivity index (χ0v) is 15.6. The summed E-state index contributed by atoms with van der Waals surface area (Å²) in [5.74, 6) is -1.09. The molecule has 0 aliphatic heterocycles. The number of aliphatic hydroxyl groups is 1. The quantitative estimate of drug-likeness (QED) is 0.200. The molecule has 0 unspecified atom stereocenters. The van der Waals surface area contributed by atoms with Crippen LogP contribution in [0.15, 0.2) is 48.4 Å². The second-order valence-electron chi connectivity index (χ2n) is 4.75. The summed E-state index contributed by atoms with van der Waals surface area (Å²) in [7, 11) is 0. The van der Waals surface area contributed by atoms with E-state index >= 15 is 0 Å². The number of alkyl halides is 3. The van der Waals surface area contributed by atoms with E-state index in [1.54, 1.807) is 12.1 Å². The van der Waals surface area contributed by atoms with Crippen molar-refractivity contribution in [2.45, 2.75) is 20.0 Å². The Morgan fingerprint density at radius 3 is 2.32 bits per heavy atom. The van der Waals surface area contributed by atoms with Gasteiger partial charge in [0.1, 0.15) is 0 Å². The Kier molecular flexibility index (Phi) is 9.23. The van der Waals surface area contributed by atoms with Crippen LogP contribution in [0, 0.1) is 11.9 Å². The molecular formula is C17H15F4IrNO2. The zero-order valence-electron chi connectivity index (χ0n) is 13.2. The summed E-state index contributed by atoms with van der Waals surface area (Å²) < 4.78 is 50.4. The van der Waals surface area contributed by atoms with E-state index in [0.29, 0.717) is 17.8 Å². The molecule has 25 heavy (non-hydrogen) atoms. The number of benzene rings is 1. The summed E-state index contributed by atoms with van der Waals surface area (Å²) in [5, 5.41) is 8.40. The van der Waals surface area contributed by atoms with Gasteiger partial charge in [0.05, 0.1) is 18.8 Å². The number of nitrogens with zero attached hydrogens (tertiary/aromatic N) is 1. The molecule has 2 N–H and O–H groups in total. The molecule has 0 fully saturated rings. The van der Waals surface area contributed by atoms with Crippen LogP contribution in [0.5, 0.6) is 0 Å². The molecule has 137 valence electrons. The number of allylic oxidation sites excluding steroid dienone is 2. The fraction of sp³-hybridized carbons (Fsp3) is 0.176. The van der Waals surface area contributed by atoms with Gasteiger partial charge in [0.25, 0.3) is 0 Å². The van der Waals surface area contributed by atoms with Crippen LogP contribution >= 0.6 is 0 Å². The number of carbonyl (C=O) groups excluding carboxylic acids is 1. The molecule has 0 amide bonds. The van der Waals surface area contributed by atoms with Crippen LogP contribution in [0.4, 0.5) is 17.6 Å². The van der Waals surface area contributed by atoms with E-state index in [2.05, 4.69) is 11.1 Å². The van der Waals surface area contributed by atoms with Crippen LogP contribution in [0.25, 0.3) is 11.3 Å². The van der Waals surface area contributed by atoms with Crippen molar-refractivity contribution < 1.29 is 47.6 Å². The van der Waals surface area contributed by atoms with Crippen molar-refractivity contribution in [2.75, 3.05) is 0 Å². The average molecular weight is 534 g/mol. The third-order valence-corrected chi connectivity index (χ3v) is 2.56. The van der Waals surface area contributed by atoms with E-state index in [1.807, 2.05) is 0 Å². The van der Waals surface area contributed by atoms with Gasteiger partial charge in [0.2, 0.25) is 0 Å². The zero-order chi connectivity index (χ0) is 18.3. The van der Waals surface area contributed by atoms with Crippen molar-refractivity contribution >= 4 is 5.78 Å². The normalized spacial score (nSPS) is 11.0. The molecule has 8 heteroatoms. The van der Waals surface area contributed by atoms with E-state index in [0.717, 1.165) is 0 Å². The number of halogens is 4. The SMILES string of the molecule is CC(=[OH+])/C=C(/C)O.Fc1c[c-]c(-c2ccccn2)cc1C(F)(F)F.[Ir]. The Hall–Kier alpha value is -2.05. The minimum absolute atomic E-state index is 0. The molecule has 0 atom stereocenters. The standard InChI is InChI=1S/C12H6F4N.C5H8O2.Ir/c13-10-5-4-8(7-9(10)12(14,15)16)11-3-1-2-6-17-11;1-4(6)3-5(2)7;/h1-3,5-7H;3,6H,1-2H3;/q-1;;/p+1/b;4-3-;. The summed E-state index contributed by atoms with van der Waals surface area (Å²) in [6.45, 7) is 3.00. The number of ketones is 1. The molecule has 1 heterocycles. The molecular weight excluding hydrogens is 518 g/mol. The fourth-order valence-corrected chi connectivity index (χ4v) is 1.66. The number of aliphatic hydroxyl groups excluding tert-OH is 1. The van der Waals surface area contributed by atoms with Gasteiger partial charge < -0.3 is 10.1 Å². The van der Waals surface area contributed by atoms with Gasteiger partial charge in [0, 0.05) is 37.7 Å². The molecule has 0 saturated heterocycles. The molecule has 2 aromatic rings. The number of hydrogen-bond acceptors (Lipinski definition) is 2. The van der Waals surface area contributed by atoms with E-state index in [9.17, 15) is 17.6 Å². The van der Waals surface area contributed by atoms with Gasteiger partial charge in [-0.15, -0.1) is 23.8 Å². The smallest absolute Gasteiger partial charge is 0.402 e. The largest absolute Gasteiger partial charge is 0.512 e. The topological polar surface area (TPSA) is 54.5 Å². The summed E-state index contributed by atoms with van der Waals surface area (Å²) in [4.78, 5) is 12.3. The summed E-state index contributed by atoms with van der Waals surface area (Å²) >= 11 is 0. The van der Waals surface area contributed by atoms with Crippen LogP contribution in [-0.2, 0) is 26.3 Å². The molecule has 3 nitrogen and oxygen atoms in total. The second-order valence-corrected chi connectivity index (χ2v) is 4.75. The molecule has 1 aromatic heterocycles. The monoisotopic (exact) mass is 534 g/mol. The Morgan fingerprint density at radius 1 is 1.28 bits per heavy atom. The van der Waals surface area contributed by atoms with Gasteiger partial charge in [0.15, 0.2) is 0 Å². The fourth-order valence-electron chi connectivity index (χ4n) is 1.66. The third-order valence-electron chi connectivity index (χ3n) is 2.56. The summed E-state index contributed by atoms with van der Waals surface area (Å²) in [5.41, 5.74) is -0.880. The maximum Gasteiger partial charge on any atom is 0.402 e. The van der Waals surface area contributed by atoms with Gasteiger partial charge in [-0.3, -0.25) is 9.18 Å². The maximum atomic E-state index is 13.0. The van der Waals surface area contributed by atoms with E-state index in [4.69, 9.17) is 9.90 Å². The van der Waals surface area contributed by atoms with E-state index in [-0.39, 0.29) is 37.2 Å². The van der Waals surface area contributed by atoms with Crippen LogP contribution < -0.4 is 0 Å². The van der Waals surface area contributed by atoms with Gasteiger partial charge in [-0.2, -0.15) is 13.2 Å². The van der Waals surface area contributed by atoms with Gasteiger partial charge in [-0.05, 0) is 18.7 Å². The third kappa shape index (κ3) is 8.05. The van der Waals surface area contributed by atoms with E-state index in [1.165, 1.54) is 32.2 Å². The van der Waals surface area contributed by atoms with Crippen LogP contribution in [-0.4, -0.2) is 20.7 Å². The van der Waals surface area contributed by atoms with Gasteiger partial charge in [-0.1, -0.05) is 12.1 Å². The number of aromatic nitrogens is 1. The van der Waals surface area contributed by atoms with Crippen molar-refractivity contribution in [1.29, 1.82) is 0 Å². The van der Waals surface area contributed by atoms with Crippen LogP contribution in [0.3, 0.4) is 0 Å². The molecule has 1 radical (unpaired) electrons. The first-order chi connectivity index (χ1) is 11.1. The van der Waals surface area contributed by atoms with E-state index < -0.39 is 17.6 Å². The van der Waals surface area contributed by atoms with Crippen molar-refractivity contribution in [1.82, 2.24) is 4.98 Å². The van der Waals surface area contributed by atoms with Crippen molar-refractivity contribution in [3.05, 3.63) is 65.8 Å². The first kappa shape index (κ1) is 22.9. The molecule has 0 aliphatic rings.